The molecule has 6 nitrogen and oxygen atoms in total. The molecule has 1 amide bonds. The first-order valence-electron chi connectivity index (χ1n) is 11.7. The van der Waals surface area contributed by atoms with Crippen molar-refractivity contribution in [2.45, 2.75) is 18.7 Å². The SMILES string of the molecule is CCN1C(=O)C(=C2Sc3ccccc3N2CC)SC1=Nc1ccc2c(c1)C(=O)c1ccccc1C2=O. The number of amidine groups is 1. The van der Waals surface area contributed by atoms with Crippen LogP contribution in [0.5, 0.6) is 0 Å². The Morgan fingerprint density at radius 3 is 2.08 bits per heavy atom. The van der Waals surface area contributed by atoms with Crippen molar-refractivity contribution in [3.8, 4) is 0 Å². The molecule has 3 aromatic rings. The summed E-state index contributed by atoms with van der Waals surface area (Å²) >= 11 is 2.96. The van der Waals surface area contributed by atoms with Crippen LogP contribution in [-0.4, -0.2) is 40.6 Å². The van der Waals surface area contributed by atoms with Crippen molar-refractivity contribution in [1.82, 2.24) is 4.90 Å². The number of aliphatic imine (C=N–C) groups is 1. The van der Waals surface area contributed by atoms with Gasteiger partial charge in [-0.3, -0.25) is 19.3 Å². The fourth-order valence-corrected chi connectivity index (χ4v) is 7.14. The van der Waals surface area contributed by atoms with Gasteiger partial charge in [-0.25, -0.2) is 4.99 Å². The Bertz CT molecular complexity index is 1540. The van der Waals surface area contributed by atoms with E-state index >= 15 is 0 Å². The summed E-state index contributed by atoms with van der Waals surface area (Å²) < 4.78 is 0. The Kier molecular flexibility index (Phi) is 5.58. The van der Waals surface area contributed by atoms with Crippen LogP contribution in [-0.2, 0) is 4.79 Å². The first-order chi connectivity index (χ1) is 17.5. The molecule has 2 aliphatic heterocycles. The van der Waals surface area contributed by atoms with Gasteiger partial charge in [0.25, 0.3) is 5.91 Å². The Labute approximate surface area is 217 Å². The quantitative estimate of drug-likeness (QED) is 0.322. The van der Waals surface area contributed by atoms with E-state index in [1.54, 1.807) is 59.1 Å². The Hall–Kier alpha value is -3.62. The molecule has 1 saturated heterocycles. The highest BCUT2D eigenvalue weighted by Crippen LogP contribution is 2.50. The summed E-state index contributed by atoms with van der Waals surface area (Å²) in [6.07, 6.45) is 0. The fourth-order valence-electron chi connectivity index (χ4n) is 4.68. The summed E-state index contributed by atoms with van der Waals surface area (Å²) in [7, 11) is 0. The average Bonchev–Trinajstić information content (AvgIpc) is 3.43. The number of para-hydroxylation sites is 1. The lowest BCUT2D eigenvalue weighted by Gasteiger charge is -2.19. The highest BCUT2D eigenvalue weighted by molar-refractivity contribution is 8.19. The van der Waals surface area contributed by atoms with Crippen LogP contribution < -0.4 is 4.90 Å². The molecule has 36 heavy (non-hydrogen) atoms. The molecule has 0 spiro atoms. The molecule has 1 fully saturated rings. The second-order valence-electron chi connectivity index (χ2n) is 8.43. The number of thioether (sulfide) groups is 2. The number of carbonyl (C=O) groups is 3. The minimum atomic E-state index is -0.189. The number of ketones is 2. The lowest BCUT2D eigenvalue weighted by atomic mass is 9.84. The first-order valence-corrected chi connectivity index (χ1v) is 13.3. The van der Waals surface area contributed by atoms with Gasteiger partial charge in [-0.1, -0.05) is 48.2 Å². The smallest absolute Gasteiger partial charge is 0.269 e. The molecule has 0 atom stereocenters. The van der Waals surface area contributed by atoms with E-state index in [1.165, 1.54) is 11.8 Å². The van der Waals surface area contributed by atoms with E-state index in [9.17, 15) is 14.4 Å². The summed E-state index contributed by atoms with van der Waals surface area (Å²) in [6, 6.07) is 20.1. The third-order valence-electron chi connectivity index (χ3n) is 6.43. The topological polar surface area (TPSA) is 70.1 Å². The maximum absolute atomic E-state index is 13.4. The Balaban J connectivity index is 1.38. The first kappa shape index (κ1) is 22.8. The van der Waals surface area contributed by atoms with Crippen LogP contribution in [0.1, 0.15) is 45.7 Å². The maximum atomic E-state index is 13.4. The van der Waals surface area contributed by atoms with E-state index in [0.29, 0.717) is 44.6 Å². The van der Waals surface area contributed by atoms with Gasteiger partial charge in [0.1, 0.15) is 9.93 Å². The number of hydrogen-bond acceptors (Lipinski definition) is 7. The number of nitrogens with zero attached hydrogens (tertiary/aromatic N) is 3. The predicted molar refractivity (Wildman–Crippen MR) is 144 cm³/mol. The Morgan fingerprint density at radius 1 is 0.722 bits per heavy atom. The molecule has 2 heterocycles. The van der Waals surface area contributed by atoms with Gasteiger partial charge in [-0.15, -0.1) is 0 Å². The number of rotatable bonds is 3. The molecule has 0 aromatic heterocycles. The molecule has 0 N–H and O–H groups in total. The lowest BCUT2D eigenvalue weighted by Crippen LogP contribution is -2.29. The minimum Gasteiger partial charge on any atom is -0.334 e. The van der Waals surface area contributed by atoms with Crippen LogP contribution >= 0.6 is 23.5 Å². The van der Waals surface area contributed by atoms with Crippen molar-refractivity contribution in [3.63, 3.8) is 0 Å². The zero-order chi connectivity index (χ0) is 25.0. The van der Waals surface area contributed by atoms with E-state index < -0.39 is 0 Å². The molecule has 3 aliphatic rings. The van der Waals surface area contributed by atoms with Gasteiger partial charge in [0.05, 0.1) is 11.4 Å². The van der Waals surface area contributed by atoms with Crippen molar-refractivity contribution in [3.05, 3.63) is 98.9 Å². The van der Waals surface area contributed by atoms with E-state index in [1.807, 2.05) is 19.1 Å². The van der Waals surface area contributed by atoms with E-state index in [0.717, 1.165) is 22.2 Å². The number of anilines is 1. The average molecular weight is 512 g/mol. The Morgan fingerprint density at radius 2 is 1.36 bits per heavy atom. The fraction of sp³-hybridized carbons (Fsp3) is 0.143. The van der Waals surface area contributed by atoms with Crippen molar-refractivity contribution in [2.24, 2.45) is 4.99 Å². The number of benzene rings is 3. The van der Waals surface area contributed by atoms with Gasteiger partial charge in [0, 0.05) is 40.2 Å². The molecule has 3 aromatic carbocycles. The molecule has 178 valence electrons. The summed E-state index contributed by atoms with van der Waals surface area (Å²) in [6.45, 7) is 5.21. The molecule has 6 rings (SSSR count). The van der Waals surface area contributed by atoms with E-state index in [-0.39, 0.29) is 17.5 Å². The van der Waals surface area contributed by atoms with Gasteiger partial charge in [0.15, 0.2) is 16.7 Å². The molecule has 1 aliphatic carbocycles. The highest BCUT2D eigenvalue weighted by Gasteiger charge is 2.39. The molecule has 0 radical (unpaired) electrons. The van der Waals surface area contributed by atoms with Gasteiger partial charge in [-0.2, -0.15) is 0 Å². The summed E-state index contributed by atoms with van der Waals surface area (Å²) in [5.41, 5.74) is 3.19. The number of hydrogen-bond donors (Lipinski definition) is 0. The molecule has 0 bridgehead atoms. The van der Waals surface area contributed by atoms with Crippen LogP contribution in [0.2, 0.25) is 0 Å². The van der Waals surface area contributed by atoms with Crippen LogP contribution in [0, 0.1) is 0 Å². The maximum Gasteiger partial charge on any atom is 0.269 e. The summed E-state index contributed by atoms with van der Waals surface area (Å²) in [4.78, 5) is 49.9. The van der Waals surface area contributed by atoms with Crippen molar-refractivity contribution < 1.29 is 14.4 Å². The van der Waals surface area contributed by atoms with E-state index in [2.05, 4.69) is 24.0 Å². The minimum absolute atomic E-state index is 0.0758. The summed E-state index contributed by atoms with van der Waals surface area (Å²) in [5, 5.41) is 1.48. The zero-order valence-corrected chi connectivity index (χ0v) is 21.3. The second-order valence-corrected chi connectivity index (χ2v) is 10.4. The molecule has 0 saturated carbocycles. The zero-order valence-electron chi connectivity index (χ0n) is 19.6. The third kappa shape index (κ3) is 3.43. The van der Waals surface area contributed by atoms with Crippen LogP contribution in [0.3, 0.4) is 0 Å². The largest absolute Gasteiger partial charge is 0.334 e. The summed E-state index contributed by atoms with van der Waals surface area (Å²) in [5.74, 6) is -0.427. The van der Waals surface area contributed by atoms with Gasteiger partial charge in [0.2, 0.25) is 0 Å². The predicted octanol–water partition coefficient (Wildman–Crippen LogP) is 5.85. The van der Waals surface area contributed by atoms with Crippen LogP contribution in [0.25, 0.3) is 0 Å². The third-order valence-corrected chi connectivity index (χ3v) is 8.81. The number of amides is 1. The molecular formula is C28H21N3O3S2. The standard InChI is InChI=1S/C28H21N3O3S2/c1-3-30-21-11-7-8-12-22(21)35-27(30)25-26(34)31(4-2)28(36-25)29-16-13-14-19-20(15-16)24(33)18-10-6-5-9-17(18)23(19)32/h5-15H,3-4H2,1-2H3. The molecule has 0 unspecified atom stereocenters. The van der Waals surface area contributed by atoms with E-state index in [4.69, 9.17) is 4.99 Å². The van der Waals surface area contributed by atoms with Crippen LogP contribution in [0.4, 0.5) is 11.4 Å². The van der Waals surface area contributed by atoms with Gasteiger partial charge in [-0.05, 0) is 55.9 Å². The monoisotopic (exact) mass is 511 g/mol. The second kappa shape index (κ2) is 8.80. The normalized spacial score (nSPS) is 19.7. The number of carbonyl (C=O) groups excluding carboxylic acids is 3. The number of fused-ring (bicyclic) bond motifs is 3. The molecule has 8 heteroatoms. The van der Waals surface area contributed by atoms with Crippen molar-refractivity contribution >= 4 is 57.5 Å². The van der Waals surface area contributed by atoms with Gasteiger partial charge < -0.3 is 4.90 Å². The molecular weight excluding hydrogens is 490 g/mol. The van der Waals surface area contributed by atoms with Crippen molar-refractivity contribution in [2.75, 3.05) is 18.0 Å². The lowest BCUT2D eigenvalue weighted by molar-refractivity contribution is -0.122. The van der Waals surface area contributed by atoms with Crippen molar-refractivity contribution in [1.29, 1.82) is 0 Å². The van der Waals surface area contributed by atoms with Gasteiger partial charge >= 0.3 is 0 Å². The van der Waals surface area contributed by atoms with Crippen LogP contribution in [0.15, 0.2) is 86.6 Å². The number of likely N-dealkylation sites (N-methyl/N-ethyl adjacent to an activating group) is 1. The highest BCUT2D eigenvalue weighted by atomic mass is 32.2.